The lowest BCUT2D eigenvalue weighted by atomic mass is 9.92. The number of carbonyl (C=O) groups is 3. The molecule has 1 aliphatic carbocycles. The first-order chi connectivity index (χ1) is 21.4. The molecule has 1 saturated carbocycles. The molecule has 0 bridgehead atoms. The van der Waals surface area contributed by atoms with Crippen LogP contribution >= 0.6 is 0 Å². The zero-order chi connectivity index (χ0) is 32.6. The number of likely N-dealkylation sites (N-methyl/N-ethyl adjacent to an activating group) is 2. The number of nitrogens with one attached hydrogen (secondary N) is 1. The molecule has 45 heavy (non-hydrogen) atoms. The van der Waals surface area contributed by atoms with Gasteiger partial charge in [-0.2, -0.15) is 0 Å². The number of rotatable bonds is 12. The fourth-order valence-corrected chi connectivity index (χ4v) is 5.94. The Kier molecular flexibility index (Phi) is 11.5. The Hall–Kier alpha value is -4.01. The van der Waals surface area contributed by atoms with Crippen molar-refractivity contribution < 1.29 is 19.5 Å². The molecule has 3 aromatic carbocycles. The highest BCUT2D eigenvalue weighted by atomic mass is 16.3. The SMILES string of the molecule is CN(C(=O)[C@@H](Cc1ccc2ccccc2c1)N(C)C(=O)/C=C/CC(C)(C)N)C(Cc1ccccc1)C(=O)NC1CCCC(O)C1. The predicted octanol–water partition coefficient (Wildman–Crippen LogP) is 4.38. The fourth-order valence-electron chi connectivity index (χ4n) is 5.94. The van der Waals surface area contributed by atoms with Gasteiger partial charge in [-0.25, -0.2) is 0 Å². The molecular weight excluding hydrogens is 564 g/mol. The first kappa shape index (κ1) is 33.9. The van der Waals surface area contributed by atoms with E-state index in [2.05, 4.69) is 5.32 Å². The third-order valence-electron chi connectivity index (χ3n) is 8.63. The van der Waals surface area contributed by atoms with E-state index in [1.54, 1.807) is 20.2 Å². The van der Waals surface area contributed by atoms with Gasteiger partial charge in [0.1, 0.15) is 12.1 Å². The molecule has 4 rings (SSSR count). The molecule has 0 heterocycles. The lowest BCUT2D eigenvalue weighted by molar-refractivity contribution is -0.146. The van der Waals surface area contributed by atoms with Crippen molar-refractivity contribution in [2.45, 2.75) is 88.6 Å². The maximum Gasteiger partial charge on any atom is 0.246 e. The number of hydrogen-bond donors (Lipinski definition) is 3. The quantitative estimate of drug-likeness (QED) is 0.263. The van der Waals surface area contributed by atoms with Crippen LogP contribution in [-0.4, -0.2) is 76.5 Å². The molecule has 3 unspecified atom stereocenters. The van der Waals surface area contributed by atoms with E-state index in [0.29, 0.717) is 19.3 Å². The number of nitrogens with two attached hydrogens (primary N) is 1. The first-order valence-electron chi connectivity index (χ1n) is 15.9. The standard InChI is InChI=1S/C37H48N4O4/c1-37(2,38)21-11-18-34(43)40(3)33(24-27-19-20-28-14-8-9-15-29(28)22-27)36(45)41(4)32(23-26-12-6-5-7-13-26)35(44)39-30-16-10-17-31(42)25-30/h5-9,11-15,18-20,22,30-33,42H,10,16-17,21,23-25,38H2,1-4H3,(H,39,44)/b18-11+/t30?,31?,32?,33-/m1/s1. The minimum Gasteiger partial charge on any atom is -0.393 e. The Morgan fingerprint density at radius 3 is 2.27 bits per heavy atom. The zero-order valence-corrected chi connectivity index (χ0v) is 27.0. The number of nitrogens with zero attached hydrogens (tertiary/aromatic N) is 2. The van der Waals surface area contributed by atoms with Crippen LogP contribution in [0, 0.1) is 0 Å². The molecule has 3 amide bonds. The molecule has 8 heteroatoms. The normalized spacial score (nSPS) is 18.4. The van der Waals surface area contributed by atoms with E-state index in [1.165, 1.54) is 15.9 Å². The smallest absolute Gasteiger partial charge is 0.246 e. The van der Waals surface area contributed by atoms with Gasteiger partial charge in [0.25, 0.3) is 0 Å². The van der Waals surface area contributed by atoms with E-state index < -0.39 is 23.7 Å². The van der Waals surface area contributed by atoms with Crippen molar-refractivity contribution in [1.82, 2.24) is 15.1 Å². The Morgan fingerprint density at radius 2 is 1.58 bits per heavy atom. The van der Waals surface area contributed by atoms with E-state index in [9.17, 15) is 19.5 Å². The van der Waals surface area contributed by atoms with Gasteiger partial charge in [0.05, 0.1) is 6.10 Å². The molecule has 0 saturated heterocycles. The van der Waals surface area contributed by atoms with Crippen LogP contribution in [0.2, 0.25) is 0 Å². The van der Waals surface area contributed by atoms with Gasteiger partial charge in [-0.3, -0.25) is 14.4 Å². The number of hydrogen-bond acceptors (Lipinski definition) is 5. The van der Waals surface area contributed by atoms with Crippen LogP contribution < -0.4 is 11.1 Å². The molecular formula is C37H48N4O4. The van der Waals surface area contributed by atoms with Gasteiger partial charge in [-0.1, -0.05) is 78.9 Å². The molecule has 3 aromatic rings. The van der Waals surface area contributed by atoms with Gasteiger partial charge < -0.3 is 26.0 Å². The molecule has 1 fully saturated rings. The summed E-state index contributed by atoms with van der Waals surface area (Å²) in [5.74, 6) is -0.907. The average Bonchev–Trinajstić information content (AvgIpc) is 3.01. The van der Waals surface area contributed by atoms with Crippen molar-refractivity contribution in [3.63, 3.8) is 0 Å². The Labute approximate surface area is 267 Å². The van der Waals surface area contributed by atoms with Crippen molar-refractivity contribution in [3.8, 4) is 0 Å². The Morgan fingerprint density at radius 1 is 0.911 bits per heavy atom. The zero-order valence-electron chi connectivity index (χ0n) is 27.0. The van der Waals surface area contributed by atoms with E-state index in [-0.39, 0.29) is 30.2 Å². The van der Waals surface area contributed by atoms with Crippen LogP contribution in [-0.2, 0) is 27.2 Å². The lowest BCUT2D eigenvalue weighted by Crippen LogP contribution is -2.57. The molecule has 240 valence electrons. The Balaban J connectivity index is 1.63. The van der Waals surface area contributed by atoms with Crippen molar-refractivity contribution in [1.29, 1.82) is 0 Å². The summed E-state index contributed by atoms with van der Waals surface area (Å²) in [6.07, 6.45) is 6.71. The van der Waals surface area contributed by atoms with Crippen molar-refractivity contribution >= 4 is 28.5 Å². The molecule has 0 radical (unpaired) electrons. The summed E-state index contributed by atoms with van der Waals surface area (Å²) in [6, 6.07) is 21.8. The van der Waals surface area contributed by atoms with Crippen LogP contribution in [0.1, 0.15) is 57.1 Å². The molecule has 0 aliphatic heterocycles. The summed E-state index contributed by atoms with van der Waals surface area (Å²) in [7, 11) is 3.27. The summed E-state index contributed by atoms with van der Waals surface area (Å²) >= 11 is 0. The number of carbonyl (C=O) groups excluding carboxylic acids is 3. The summed E-state index contributed by atoms with van der Waals surface area (Å²) in [4.78, 5) is 44.6. The second-order valence-corrected chi connectivity index (χ2v) is 13.1. The van der Waals surface area contributed by atoms with Gasteiger partial charge >= 0.3 is 0 Å². The number of benzene rings is 3. The number of aliphatic hydroxyl groups is 1. The van der Waals surface area contributed by atoms with Gasteiger partial charge in [-0.15, -0.1) is 0 Å². The molecule has 0 spiro atoms. The summed E-state index contributed by atoms with van der Waals surface area (Å²) in [6.45, 7) is 3.77. The minimum absolute atomic E-state index is 0.155. The molecule has 0 aromatic heterocycles. The largest absolute Gasteiger partial charge is 0.393 e. The minimum atomic E-state index is -0.859. The third kappa shape index (κ3) is 9.74. The van der Waals surface area contributed by atoms with Crippen LogP contribution in [0.3, 0.4) is 0 Å². The number of aliphatic hydroxyl groups excluding tert-OH is 1. The van der Waals surface area contributed by atoms with Crippen molar-refractivity contribution in [3.05, 3.63) is 96.1 Å². The van der Waals surface area contributed by atoms with Gasteiger partial charge in [0.15, 0.2) is 0 Å². The van der Waals surface area contributed by atoms with E-state index in [1.807, 2.05) is 86.6 Å². The lowest BCUT2D eigenvalue weighted by Gasteiger charge is -2.35. The highest BCUT2D eigenvalue weighted by Crippen LogP contribution is 2.22. The summed E-state index contributed by atoms with van der Waals surface area (Å²) < 4.78 is 0. The van der Waals surface area contributed by atoms with Crippen LogP contribution in [0.4, 0.5) is 0 Å². The fraction of sp³-hybridized carbons (Fsp3) is 0.432. The maximum absolute atomic E-state index is 14.4. The van der Waals surface area contributed by atoms with Crippen molar-refractivity contribution in [2.75, 3.05) is 14.1 Å². The van der Waals surface area contributed by atoms with E-state index in [4.69, 9.17) is 5.73 Å². The highest BCUT2D eigenvalue weighted by Gasteiger charge is 2.36. The highest BCUT2D eigenvalue weighted by molar-refractivity contribution is 5.95. The van der Waals surface area contributed by atoms with Gasteiger partial charge in [0, 0.05) is 38.5 Å². The van der Waals surface area contributed by atoms with E-state index in [0.717, 1.165) is 41.2 Å². The number of fused-ring (bicyclic) bond motifs is 1. The van der Waals surface area contributed by atoms with Gasteiger partial charge in [0.2, 0.25) is 17.7 Å². The maximum atomic E-state index is 14.4. The van der Waals surface area contributed by atoms with Crippen LogP contribution in [0.15, 0.2) is 84.9 Å². The molecule has 4 atom stereocenters. The van der Waals surface area contributed by atoms with Gasteiger partial charge in [-0.05, 0) is 73.9 Å². The monoisotopic (exact) mass is 612 g/mol. The van der Waals surface area contributed by atoms with E-state index >= 15 is 0 Å². The van der Waals surface area contributed by atoms with Crippen molar-refractivity contribution in [2.24, 2.45) is 5.73 Å². The third-order valence-corrected chi connectivity index (χ3v) is 8.63. The molecule has 8 nitrogen and oxygen atoms in total. The molecule has 1 aliphatic rings. The Bertz CT molecular complexity index is 1480. The molecule has 4 N–H and O–H groups in total. The number of amides is 3. The topological polar surface area (TPSA) is 116 Å². The van der Waals surface area contributed by atoms with Crippen LogP contribution in [0.5, 0.6) is 0 Å². The summed E-state index contributed by atoms with van der Waals surface area (Å²) in [5.41, 5.74) is 7.46. The second-order valence-electron chi connectivity index (χ2n) is 13.1. The first-order valence-corrected chi connectivity index (χ1v) is 15.9. The predicted molar refractivity (Wildman–Crippen MR) is 179 cm³/mol. The second kappa shape index (κ2) is 15.3. The average molecular weight is 613 g/mol. The van der Waals surface area contributed by atoms with Crippen LogP contribution in [0.25, 0.3) is 10.8 Å². The summed E-state index contributed by atoms with van der Waals surface area (Å²) in [5, 5.41) is 15.4.